The zero-order chi connectivity index (χ0) is 17.3. The molecule has 0 bridgehead atoms. The number of aromatic nitrogens is 1. The van der Waals surface area contributed by atoms with Crippen molar-refractivity contribution in [2.75, 3.05) is 12.3 Å². The number of pyridine rings is 1. The lowest BCUT2D eigenvalue weighted by Gasteiger charge is -2.21. The van der Waals surface area contributed by atoms with Crippen LogP contribution < -0.4 is 5.73 Å². The van der Waals surface area contributed by atoms with Gasteiger partial charge in [0.1, 0.15) is 11.9 Å². The maximum absolute atomic E-state index is 12.7. The van der Waals surface area contributed by atoms with Gasteiger partial charge in [0.2, 0.25) is 10.0 Å². The molecule has 1 aliphatic heterocycles. The maximum atomic E-state index is 12.7. The molecule has 1 aromatic carbocycles. The minimum Gasteiger partial charge on any atom is -0.480 e. The molecule has 0 radical (unpaired) electrons. The monoisotopic (exact) mass is 347 g/mol. The summed E-state index contributed by atoms with van der Waals surface area (Å²) in [5, 5.41) is 9.19. The average Bonchev–Trinajstić information content (AvgIpc) is 3.06. The van der Waals surface area contributed by atoms with E-state index in [1.807, 2.05) is 0 Å². The Morgan fingerprint density at radius 2 is 1.92 bits per heavy atom. The van der Waals surface area contributed by atoms with E-state index in [1.54, 1.807) is 30.3 Å². The molecular weight excluding hydrogens is 330 g/mol. The average molecular weight is 347 g/mol. The van der Waals surface area contributed by atoms with E-state index in [9.17, 15) is 18.3 Å². The third kappa shape index (κ3) is 2.98. The van der Waals surface area contributed by atoms with Crippen LogP contribution in [0.4, 0.5) is 5.82 Å². The van der Waals surface area contributed by atoms with E-state index in [-0.39, 0.29) is 11.4 Å². The van der Waals surface area contributed by atoms with Gasteiger partial charge in [0.05, 0.1) is 10.6 Å². The van der Waals surface area contributed by atoms with Crippen LogP contribution in [0.3, 0.4) is 0 Å². The van der Waals surface area contributed by atoms with E-state index in [4.69, 9.17) is 5.73 Å². The van der Waals surface area contributed by atoms with E-state index in [0.717, 1.165) is 9.87 Å². The fraction of sp³-hybridized carbons (Fsp3) is 0.250. The normalized spacial score (nSPS) is 18.6. The first-order chi connectivity index (χ1) is 11.4. The van der Waals surface area contributed by atoms with E-state index in [2.05, 4.69) is 4.98 Å². The third-order valence-corrected chi connectivity index (χ3v) is 5.94. The number of hydrogen-bond acceptors (Lipinski definition) is 5. The lowest BCUT2D eigenvalue weighted by Crippen LogP contribution is -2.40. The van der Waals surface area contributed by atoms with Crippen molar-refractivity contribution in [3.8, 4) is 11.3 Å². The molecule has 0 unspecified atom stereocenters. The fourth-order valence-corrected chi connectivity index (χ4v) is 4.47. The van der Waals surface area contributed by atoms with Crippen LogP contribution in [0.2, 0.25) is 0 Å². The van der Waals surface area contributed by atoms with Crippen molar-refractivity contribution >= 4 is 21.8 Å². The first kappa shape index (κ1) is 16.4. The number of rotatable bonds is 4. The Morgan fingerprint density at radius 3 is 2.54 bits per heavy atom. The number of carboxylic acids is 1. The maximum Gasteiger partial charge on any atom is 0.322 e. The number of nitrogens with two attached hydrogens (primary N) is 1. The van der Waals surface area contributed by atoms with Crippen molar-refractivity contribution in [1.82, 2.24) is 9.29 Å². The summed E-state index contributed by atoms with van der Waals surface area (Å²) in [5.41, 5.74) is 7.03. The van der Waals surface area contributed by atoms with E-state index in [0.29, 0.717) is 24.4 Å². The van der Waals surface area contributed by atoms with Gasteiger partial charge in [-0.25, -0.2) is 13.4 Å². The van der Waals surface area contributed by atoms with Gasteiger partial charge in [-0.05, 0) is 37.1 Å². The second kappa shape index (κ2) is 6.21. The second-order valence-electron chi connectivity index (χ2n) is 5.58. The van der Waals surface area contributed by atoms with Crippen molar-refractivity contribution < 1.29 is 18.3 Å². The Balaban J connectivity index is 1.91. The Bertz CT molecular complexity index is 865. The minimum absolute atomic E-state index is 0.0725. The summed E-state index contributed by atoms with van der Waals surface area (Å²) in [4.78, 5) is 15.5. The first-order valence-electron chi connectivity index (χ1n) is 7.47. The third-order valence-electron chi connectivity index (χ3n) is 4.02. The predicted octanol–water partition coefficient (Wildman–Crippen LogP) is 1.57. The summed E-state index contributed by atoms with van der Waals surface area (Å²) in [6.07, 6.45) is 0.876. The zero-order valence-corrected chi connectivity index (χ0v) is 13.6. The molecule has 1 atom stereocenters. The van der Waals surface area contributed by atoms with Gasteiger partial charge in [0.15, 0.2) is 0 Å². The first-order valence-corrected chi connectivity index (χ1v) is 8.91. The molecule has 7 nitrogen and oxygen atoms in total. The lowest BCUT2D eigenvalue weighted by atomic mass is 10.1. The van der Waals surface area contributed by atoms with Gasteiger partial charge in [0, 0.05) is 12.1 Å². The zero-order valence-electron chi connectivity index (χ0n) is 12.8. The molecule has 3 N–H and O–H groups in total. The molecule has 126 valence electrons. The lowest BCUT2D eigenvalue weighted by molar-refractivity contribution is -0.140. The number of nitrogens with zero attached hydrogens (tertiary/aromatic N) is 2. The Kier molecular flexibility index (Phi) is 4.25. The number of nitrogen functional groups attached to an aromatic ring is 1. The predicted molar refractivity (Wildman–Crippen MR) is 88.6 cm³/mol. The number of anilines is 1. The van der Waals surface area contributed by atoms with Crippen molar-refractivity contribution in [3.63, 3.8) is 0 Å². The largest absolute Gasteiger partial charge is 0.480 e. The number of hydrogen-bond donors (Lipinski definition) is 2. The molecule has 0 amide bonds. The highest BCUT2D eigenvalue weighted by Crippen LogP contribution is 2.27. The minimum atomic E-state index is -3.83. The SMILES string of the molecule is Nc1cccc(-c2ccc(S(=O)(=O)N3CCC[C@@H]3C(=O)O)cc2)n1. The number of aliphatic carboxylic acids is 1. The molecule has 3 rings (SSSR count). The van der Waals surface area contributed by atoms with Crippen LogP contribution in [0, 0.1) is 0 Å². The summed E-state index contributed by atoms with van der Waals surface area (Å²) in [5.74, 6) is -0.734. The topological polar surface area (TPSA) is 114 Å². The molecule has 8 heteroatoms. The van der Waals surface area contributed by atoms with Crippen LogP contribution in [0.15, 0.2) is 47.4 Å². The number of benzene rings is 1. The molecule has 0 spiro atoms. The summed E-state index contributed by atoms with van der Waals surface area (Å²) >= 11 is 0. The molecule has 1 aromatic heterocycles. The Labute approximate surface area is 139 Å². The number of sulfonamides is 1. The highest BCUT2D eigenvalue weighted by atomic mass is 32.2. The molecule has 2 heterocycles. The highest BCUT2D eigenvalue weighted by Gasteiger charge is 2.39. The molecule has 1 saturated heterocycles. The molecule has 2 aromatic rings. The van der Waals surface area contributed by atoms with E-state index in [1.165, 1.54) is 12.1 Å². The van der Waals surface area contributed by atoms with Crippen molar-refractivity contribution in [1.29, 1.82) is 0 Å². The summed E-state index contributed by atoms with van der Waals surface area (Å²) in [7, 11) is -3.83. The van der Waals surface area contributed by atoms with Crippen LogP contribution in [0.25, 0.3) is 11.3 Å². The Morgan fingerprint density at radius 1 is 1.21 bits per heavy atom. The smallest absolute Gasteiger partial charge is 0.322 e. The van der Waals surface area contributed by atoms with E-state index >= 15 is 0 Å². The Hall–Kier alpha value is -2.45. The molecule has 1 fully saturated rings. The van der Waals surface area contributed by atoms with Crippen LogP contribution in [-0.2, 0) is 14.8 Å². The summed E-state index contributed by atoms with van der Waals surface area (Å²) < 4.78 is 26.4. The molecule has 24 heavy (non-hydrogen) atoms. The van der Waals surface area contributed by atoms with Gasteiger partial charge in [-0.3, -0.25) is 4.79 Å². The van der Waals surface area contributed by atoms with Gasteiger partial charge in [-0.1, -0.05) is 18.2 Å². The van der Waals surface area contributed by atoms with Gasteiger partial charge in [0.25, 0.3) is 0 Å². The van der Waals surface area contributed by atoms with Crippen molar-refractivity contribution in [2.45, 2.75) is 23.8 Å². The molecular formula is C16H17N3O4S. The van der Waals surface area contributed by atoms with Gasteiger partial charge < -0.3 is 10.8 Å². The van der Waals surface area contributed by atoms with Crippen LogP contribution in [0.1, 0.15) is 12.8 Å². The van der Waals surface area contributed by atoms with Gasteiger partial charge >= 0.3 is 5.97 Å². The van der Waals surface area contributed by atoms with Crippen LogP contribution >= 0.6 is 0 Å². The molecule has 0 aliphatic carbocycles. The second-order valence-corrected chi connectivity index (χ2v) is 7.47. The van der Waals surface area contributed by atoms with E-state index < -0.39 is 22.0 Å². The van der Waals surface area contributed by atoms with Gasteiger partial charge in [-0.15, -0.1) is 0 Å². The summed E-state index contributed by atoms with van der Waals surface area (Å²) in [6, 6.07) is 10.4. The van der Waals surface area contributed by atoms with Crippen molar-refractivity contribution in [2.24, 2.45) is 0 Å². The standard InChI is InChI=1S/C16H17N3O4S/c17-15-5-1-3-13(18-15)11-6-8-12(9-7-11)24(22,23)19-10-2-4-14(19)16(20)21/h1,3,5-9,14H,2,4,10H2,(H2,17,18)(H,20,21)/t14-/m1/s1. The van der Waals surface area contributed by atoms with Crippen LogP contribution in [0.5, 0.6) is 0 Å². The van der Waals surface area contributed by atoms with Gasteiger partial charge in [-0.2, -0.15) is 4.31 Å². The fourth-order valence-electron chi connectivity index (χ4n) is 2.82. The number of carboxylic acid groups (broad SMARTS) is 1. The number of carbonyl (C=O) groups is 1. The molecule has 1 aliphatic rings. The van der Waals surface area contributed by atoms with Crippen LogP contribution in [-0.4, -0.2) is 41.4 Å². The van der Waals surface area contributed by atoms with Crippen molar-refractivity contribution in [3.05, 3.63) is 42.5 Å². The summed E-state index contributed by atoms with van der Waals surface area (Å²) in [6.45, 7) is 0.220. The highest BCUT2D eigenvalue weighted by molar-refractivity contribution is 7.89. The quantitative estimate of drug-likeness (QED) is 0.868. The molecule has 0 saturated carbocycles.